The van der Waals surface area contributed by atoms with Crippen LogP contribution in [0.1, 0.15) is 32.2 Å². The summed E-state index contributed by atoms with van der Waals surface area (Å²) < 4.78 is 7.57. The van der Waals surface area contributed by atoms with Crippen LogP contribution in [0.2, 0.25) is 0 Å². The summed E-state index contributed by atoms with van der Waals surface area (Å²) in [4.78, 5) is 29.6. The van der Waals surface area contributed by atoms with Gasteiger partial charge in [-0.15, -0.1) is 0 Å². The van der Waals surface area contributed by atoms with E-state index in [-0.39, 0.29) is 11.8 Å². The lowest BCUT2D eigenvalue weighted by Gasteiger charge is -2.36. The van der Waals surface area contributed by atoms with Crippen LogP contribution in [0, 0.1) is 6.92 Å². The summed E-state index contributed by atoms with van der Waals surface area (Å²) in [5, 5.41) is 2.91. The molecule has 0 unspecified atom stereocenters. The number of amides is 2. The van der Waals surface area contributed by atoms with E-state index in [2.05, 4.69) is 16.3 Å². The first-order chi connectivity index (χ1) is 16.1. The Hall–Kier alpha value is -4.00. The molecule has 7 nitrogen and oxygen atoms in total. The molecule has 7 heteroatoms. The maximum absolute atomic E-state index is 12.7. The van der Waals surface area contributed by atoms with Crippen molar-refractivity contribution in [2.45, 2.75) is 13.5 Å². The van der Waals surface area contributed by atoms with Crippen LogP contribution < -0.4 is 10.2 Å². The summed E-state index contributed by atoms with van der Waals surface area (Å²) in [6, 6.07) is 21.0. The molecule has 0 aliphatic carbocycles. The SMILES string of the molecule is Cc1ccc(CNC(=O)c2ccc3ccc(N4CCN(C(=O)c5ccccc5)CC4)n3c2)o1. The van der Waals surface area contributed by atoms with Crippen molar-refractivity contribution in [2.75, 3.05) is 31.1 Å². The zero-order chi connectivity index (χ0) is 22.8. The molecule has 0 spiro atoms. The predicted molar refractivity (Wildman–Crippen MR) is 127 cm³/mol. The monoisotopic (exact) mass is 442 g/mol. The average molecular weight is 443 g/mol. The number of anilines is 1. The molecule has 3 aromatic heterocycles. The standard InChI is InChI=1S/C26H26N4O3/c1-19-7-11-23(33-19)17-27-25(31)21-8-9-22-10-12-24(30(22)18-21)28-13-15-29(16-14-28)26(32)20-5-3-2-4-6-20/h2-12,18H,13-17H2,1H3,(H,27,31). The number of nitrogens with zero attached hydrogens (tertiary/aromatic N) is 3. The highest BCUT2D eigenvalue weighted by Gasteiger charge is 2.23. The Morgan fingerprint density at radius 2 is 1.64 bits per heavy atom. The molecule has 0 bridgehead atoms. The van der Waals surface area contributed by atoms with Gasteiger partial charge in [0.2, 0.25) is 0 Å². The van der Waals surface area contributed by atoms with E-state index in [1.165, 1.54) is 0 Å². The number of carbonyl (C=O) groups excluding carboxylic acids is 2. The number of rotatable bonds is 5. The van der Waals surface area contributed by atoms with E-state index in [0.717, 1.165) is 41.5 Å². The van der Waals surface area contributed by atoms with Crippen molar-refractivity contribution in [3.05, 3.63) is 95.6 Å². The highest BCUT2D eigenvalue weighted by Crippen LogP contribution is 2.22. The van der Waals surface area contributed by atoms with Crippen molar-refractivity contribution in [1.29, 1.82) is 0 Å². The van der Waals surface area contributed by atoms with Crippen LogP contribution in [-0.2, 0) is 6.54 Å². The van der Waals surface area contributed by atoms with Gasteiger partial charge in [0, 0.05) is 43.5 Å². The first-order valence-electron chi connectivity index (χ1n) is 11.1. The van der Waals surface area contributed by atoms with Crippen LogP contribution in [0.4, 0.5) is 5.82 Å². The molecule has 4 aromatic rings. The third kappa shape index (κ3) is 4.35. The summed E-state index contributed by atoms with van der Waals surface area (Å²) in [5.74, 6) is 2.49. The Morgan fingerprint density at radius 1 is 0.879 bits per heavy atom. The van der Waals surface area contributed by atoms with Gasteiger partial charge in [-0.1, -0.05) is 18.2 Å². The van der Waals surface area contributed by atoms with E-state index in [1.54, 1.807) is 0 Å². The summed E-state index contributed by atoms with van der Waals surface area (Å²) in [6.07, 6.45) is 1.87. The highest BCUT2D eigenvalue weighted by atomic mass is 16.3. The summed E-state index contributed by atoms with van der Waals surface area (Å²) >= 11 is 0. The highest BCUT2D eigenvalue weighted by molar-refractivity contribution is 5.95. The number of hydrogen-bond donors (Lipinski definition) is 1. The van der Waals surface area contributed by atoms with Crippen molar-refractivity contribution < 1.29 is 14.0 Å². The number of hydrogen-bond acceptors (Lipinski definition) is 4. The van der Waals surface area contributed by atoms with E-state index < -0.39 is 0 Å². The van der Waals surface area contributed by atoms with Crippen LogP contribution in [0.25, 0.3) is 5.52 Å². The van der Waals surface area contributed by atoms with Crippen molar-refractivity contribution in [3.8, 4) is 0 Å². The van der Waals surface area contributed by atoms with E-state index in [4.69, 9.17) is 4.42 Å². The third-order valence-corrected chi connectivity index (χ3v) is 6.02. The number of aryl methyl sites for hydroxylation is 1. The summed E-state index contributed by atoms with van der Waals surface area (Å²) in [6.45, 7) is 5.01. The van der Waals surface area contributed by atoms with Gasteiger partial charge in [0.25, 0.3) is 11.8 Å². The summed E-state index contributed by atoms with van der Waals surface area (Å²) in [5.41, 5.74) is 2.33. The largest absolute Gasteiger partial charge is 0.465 e. The van der Waals surface area contributed by atoms with Gasteiger partial charge in [-0.3, -0.25) is 9.59 Å². The number of benzene rings is 1. The minimum absolute atomic E-state index is 0.0703. The molecule has 168 valence electrons. The number of nitrogens with one attached hydrogen (secondary N) is 1. The second-order valence-electron chi connectivity index (χ2n) is 8.24. The van der Waals surface area contributed by atoms with E-state index in [9.17, 15) is 9.59 Å². The fourth-order valence-electron chi connectivity index (χ4n) is 4.23. The fourth-order valence-corrected chi connectivity index (χ4v) is 4.23. The molecule has 0 atom stereocenters. The molecule has 1 saturated heterocycles. The first kappa shape index (κ1) is 20.9. The number of piperazine rings is 1. The van der Waals surface area contributed by atoms with Gasteiger partial charge in [0.05, 0.1) is 12.1 Å². The predicted octanol–water partition coefficient (Wildman–Crippen LogP) is 3.73. The smallest absolute Gasteiger partial charge is 0.253 e. The zero-order valence-corrected chi connectivity index (χ0v) is 18.5. The number of carbonyl (C=O) groups is 2. The molecule has 2 amide bonds. The van der Waals surface area contributed by atoms with Crippen LogP contribution in [-0.4, -0.2) is 47.3 Å². The van der Waals surface area contributed by atoms with E-state index >= 15 is 0 Å². The molecular formula is C26H26N4O3. The van der Waals surface area contributed by atoms with Crippen molar-refractivity contribution in [3.63, 3.8) is 0 Å². The maximum Gasteiger partial charge on any atom is 0.253 e. The topological polar surface area (TPSA) is 70.2 Å². The summed E-state index contributed by atoms with van der Waals surface area (Å²) in [7, 11) is 0. The Morgan fingerprint density at radius 3 is 2.36 bits per heavy atom. The number of furan rings is 1. The molecule has 4 heterocycles. The molecule has 0 radical (unpaired) electrons. The molecule has 1 aliphatic rings. The molecule has 1 N–H and O–H groups in total. The zero-order valence-electron chi connectivity index (χ0n) is 18.5. The third-order valence-electron chi connectivity index (χ3n) is 6.02. The Kier molecular flexibility index (Phi) is 5.60. The fraction of sp³-hybridized carbons (Fsp3) is 0.231. The molecule has 1 aromatic carbocycles. The number of pyridine rings is 1. The molecule has 0 saturated carbocycles. The van der Waals surface area contributed by atoms with Crippen LogP contribution in [0.3, 0.4) is 0 Å². The van der Waals surface area contributed by atoms with Gasteiger partial charge in [0.1, 0.15) is 17.3 Å². The van der Waals surface area contributed by atoms with Crippen LogP contribution in [0.5, 0.6) is 0 Å². The van der Waals surface area contributed by atoms with Crippen molar-refractivity contribution >= 4 is 23.1 Å². The Labute approximate surface area is 192 Å². The number of fused-ring (bicyclic) bond motifs is 1. The second-order valence-corrected chi connectivity index (χ2v) is 8.24. The molecule has 5 rings (SSSR count). The van der Waals surface area contributed by atoms with E-state index in [1.807, 2.05) is 83.1 Å². The Bertz CT molecular complexity index is 1280. The van der Waals surface area contributed by atoms with Gasteiger partial charge in [0.15, 0.2) is 0 Å². The average Bonchev–Trinajstić information content (AvgIpc) is 3.48. The first-order valence-corrected chi connectivity index (χ1v) is 11.1. The lowest BCUT2D eigenvalue weighted by Crippen LogP contribution is -2.49. The Balaban J connectivity index is 1.27. The maximum atomic E-state index is 12.7. The molecule has 33 heavy (non-hydrogen) atoms. The minimum atomic E-state index is -0.149. The quantitative estimate of drug-likeness (QED) is 0.511. The molecule has 1 aliphatic heterocycles. The van der Waals surface area contributed by atoms with E-state index in [0.29, 0.717) is 25.2 Å². The van der Waals surface area contributed by atoms with Gasteiger partial charge in [-0.25, -0.2) is 0 Å². The van der Waals surface area contributed by atoms with Crippen molar-refractivity contribution in [2.24, 2.45) is 0 Å². The lowest BCUT2D eigenvalue weighted by atomic mass is 10.2. The molecular weight excluding hydrogens is 416 g/mol. The minimum Gasteiger partial charge on any atom is -0.465 e. The van der Waals surface area contributed by atoms with Gasteiger partial charge in [-0.2, -0.15) is 0 Å². The van der Waals surface area contributed by atoms with Crippen LogP contribution in [0.15, 0.2) is 77.3 Å². The second kappa shape index (κ2) is 8.86. The molecule has 1 fully saturated rings. The van der Waals surface area contributed by atoms with Gasteiger partial charge >= 0.3 is 0 Å². The van der Waals surface area contributed by atoms with Gasteiger partial charge in [-0.05, 0) is 55.5 Å². The number of aromatic nitrogens is 1. The normalized spacial score (nSPS) is 14.0. The lowest BCUT2D eigenvalue weighted by molar-refractivity contribution is 0.0746. The van der Waals surface area contributed by atoms with Crippen molar-refractivity contribution in [1.82, 2.24) is 14.6 Å². The van der Waals surface area contributed by atoms with Gasteiger partial charge < -0.3 is 23.9 Å². The van der Waals surface area contributed by atoms with Crippen LogP contribution >= 0.6 is 0 Å².